The highest BCUT2D eigenvalue weighted by Gasteiger charge is 2.37. The molecule has 39 heavy (non-hydrogen) atoms. The molecule has 14 heteroatoms. The average molecular weight is 548 g/mol. The van der Waals surface area contributed by atoms with E-state index in [-0.39, 0.29) is 29.5 Å². The largest absolute Gasteiger partial charge is 0.449 e. The molecule has 8 nitrogen and oxygen atoms in total. The van der Waals surface area contributed by atoms with Gasteiger partial charge in [-0.1, -0.05) is 0 Å². The van der Waals surface area contributed by atoms with Crippen molar-refractivity contribution >= 4 is 16.6 Å². The van der Waals surface area contributed by atoms with Crippen LogP contribution in [0.5, 0.6) is 0 Å². The fourth-order valence-corrected chi connectivity index (χ4v) is 4.46. The fraction of sp³-hybridized carbons (Fsp3) is 0.320. The molecule has 4 heterocycles. The van der Waals surface area contributed by atoms with Crippen molar-refractivity contribution in [2.75, 3.05) is 6.61 Å². The summed E-state index contributed by atoms with van der Waals surface area (Å²) in [5.41, 5.74) is -2.46. The van der Waals surface area contributed by atoms with Gasteiger partial charge >= 0.3 is 6.18 Å². The molecule has 0 radical (unpaired) electrons. The molecule has 6 rings (SSSR count). The number of nitrogens with zero attached hydrogens (tertiary/aromatic N) is 6. The van der Waals surface area contributed by atoms with E-state index in [2.05, 4.69) is 20.1 Å². The monoisotopic (exact) mass is 548 g/mol. The second kappa shape index (κ2) is 9.00. The van der Waals surface area contributed by atoms with Gasteiger partial charge in [-0.05, 0) is 37.0 Å². The topological polar surface area (TPSA) is 87.7 Å². The van der Waals surface area contributed by atoms with Crippen LogP contribution in [0.4, 0.5) is 26.3 Å². The zero-order chi connectivity index (χ0) is 27.6. The molecular formula is C25H18F6N6O2. The summed E-state index contributed by atoms with van der Waals surface area (Å²) in [6, 6.07) is 1.04. The van der Waals surface area contributed by atoms with Crippen molar-refractivity contribution in [2.45, 2.75) is 37.6 Å². The van der Waals surface area contributed by atoms with Crippen molar-refractivity contribution in [3.63, 3.8) is 0 Å². The molecule has 202 valence electrons. The standard InChI is InChI=1S/C25H18F6N6O2/c1-36-23(38)21-20(35-24(36)25(29,30)31)19(14-7-16(27)17(28)8-15(14)26)33-22(34-21)11-4-5-39-18(6-11)12-9-32-37(10-12)13-2-3-13/h6-10,13,18H,2-5H2,1H3. The van der Waals surface area contributed by atoms with Crippen LogP contribution in [0.2, 0.25) is 0 Å². The molecule has 0 spiro atoms. The van der Waals surface area contributed by atoms with E-state index in [0.29, 0.717) is 17.7 Å². The smallest absolute Gasteiger partial charge is 0.369 e. The first-order chi connectivity index (χ1) is 18.5. The number of alkyl halides is 3. The zero-order valence-electron chi connectivity index (χ0n) is 20.1. The lowest BCUT2D eigenvalue weighted by molar-refractivity contribution is -0.147. The molecule has 3 aromatic heterocycles. The molecule has 0 bridgehead atoms. The van der Waals surface area contributed by atoms with Crippen molar-refractivity contribution in [3.8, 4) is 11.3 Å². The number of aromatic nitrogens is 6. The SMILES string of the molecule is Cn1c(C(F)(F)F)nc2c(-c3cc(F)c(F)cc3F)nc(C3=CC(c4cnn(C5CC5)c4)OCC3)nc2c1=O. The zero-order valence-corrected chi connectivity index (χ0v) is 20.1. The molecule has 1 unspecified atom stereocenters. The lowest BCUT2D eigenvalue weighted by Crippen LogP contribution is -2.29. The van der Waals surface area contributed by atoms with Crippen molar-refractivity contribution in [1.29, 1.82) is 0 Å². The fourth-order valence-electron chi connectivity index (χ4n) is 4.46. The summed E-state index contributed by atoms with van der Waals surface area (Å²) in [4.78, 5) is 25.0. The van der Waals surface area contributed by atoms with E-state index < -0.39 is 63.4 Å². The average Bonchev–Trinajstić information content (AvgIpc) is 3.63. The van der Waals surface area contributed by atoms with E-state index in [1.165, 1.54) is 0 Å². The lowest BCUT2D eigenvalue weighted by atomic mass is 10.0. The van der Waals surface area contributed by atoms with Crippen LogP contribution in [-0.2, 0) is 18.0 Å². The van der Waals surface area contributed by atoms with Crippen LogP contribution < -0.4 is 5.56 Å². The Labute approximate surface area is 215 Å². The molecular weight excluding hydrogens is 530 g/mol. The maximum Gasteiger partial charge on any atom is 0.449 e. The first-order valence-corrected chi connectivity index (χ1v) is 11.9. The first-order valence-electron chi connectivity index (χ1n) is 11.9. The van der Waals surface area contributed by atoms with E-state index in [1.54, 1.807) is 12.3 Å². The van der Waals surface area contributed by atoms with Gasteiger partial charge in [-0.25, -0.2) is 28.1 Å². The summed E-state index contributed by atoms with van der Waals surface area (Å²) in [5, 5.41) is 4.34. The van der Waals surface area contributed by atoms with Gasteiger partial charge in [0.05, 0.1) is 18.8 Å². The minimum absolute atomic E-state index is 0.108. The Morgan fingerprint density at radius 1 is 1.00 bits per heavy atom. The maximum atomic E-state index is 14.8. The summed E-state index contributed by atoms with van der Waals surface area (Å²) in [6.07, 6.45) is 1.89. The number of halogens is 6. The minimum atomic E-state index is -5.05. The maximum absolute atomic E-state index is 14.8. The van der Waals surface area contributed by atoms with Crippen molar-refractivity contribution < 1.29 is 31.1 Å². The summed E-state index contributed by atoms with van der Waals surface area (Å²) >= 11 is 0. The molecule has 2 aliphatic rings. The molecule has 1 aromatic carbocycles. The number of hydrogen-bond donors (Lipinski definition) is 0. The predicted octanol–water partition coefficient (Wildman–Crippen LogP) is 4.90. The van der Waals surface area contributed by atoms with Gasteiger partial charge in [-0.2, -0.15) is 18.3 Å². The van der Waals surface area contributed by atoms with Crippen LogP contribution in [0, 0.1) is 17.5 Å². The highest BCUT2D eigenvalue weighted by atomic mass is 19.4. The molecule has 0 N–H and O–H groups in total. The summed E-state index contributed by atoms with van der Waals surface area (Å²) < 4.78 is 91.5. The van der Waals surface area contributed by atoms with Crippen LogP contribution in [0.15, 0.2) is 35.4 Å². The van der Waals surface area contributed by atoms with Crippen LogP contribution in [0.25, 0.3) is 27.9 Å². The van der Waals surface area contributed by atoms with E-state index >= 15 is 0 Å². The Hall–Kier alpha value is -4.07. The van der Waals surface area contributed by atoms with Crippen LogP contribution in [-0.4, -0.2) is 35.9 Å². The van der Waals surface area contributed by atoms with Gasteiger partial charge in [-0.15, -0.1) is 0 Å². The van der Waals surface area contributed by atoms with Crippen molar-refractivity contribution in [3.05, 3.63) is 75.6 Å². The summed E-state index contributed by atoms with van der Waals surface area (Å²) in [7, 11) is 0.873. The molecule has 1 atom stereocenters. The number of rotatable bonds is 4. The Morgan fingerprint density at radius 3 is 2.46 bits per heavy atom. The number of ether oxygens (including phenoxy) is 1. The number of hydrogen-bond acceptors (Lipinski definition) is 6. The quantitative estimate of drug-likeness (QED) is 0.266. The molecule has 0 amide bonds. The highest BCUT2D eigenvalue weighted by Crippen LogP contribution is 2.37. The molecule has 4 aromatic rings. The van der Waals surface area contributed by atoms with E-state index in [0.717, 1.165) is 25.5 Å². The van der Waals surface area contributed by atoms with Crippen molar-refractivity contribution in [2.24, 2.45) is 7.05 Å². The van der Waals surface area contributed by atoms with E-state index in [9.17, 15) is 31.1 Å². The lowest BCUT2D eigenvalue weighted by Gasteiger charge is -2.21. The van der Waals surface area contributed by atoms with E-state index in [4.69, 9.17) is 4.74 Å². The molecule has 1 fully saturated rings. The number of benzene rings is 1. The minimum Gasteiger partial charge on any atom is -0.369 e. The Balaban J connectivity index is 1.56. The van der Waals surface area contributed by atoms with Gasteiger partial charge in [0.1, 0.15) is 23.1 Å². The van der Waals surface area contributed by atoms with Gasteiger partial charge < -0.3 is 4.74 Å². The summed E-state index contributed by atoms with van der Waals surface area (Å²) in [5.74, 6) is -5.96. The van der Waals surface area contributed by atoms with Gasteiger partial charge in [-0.3, -0.25) is 14.0 Å². The van der Waals surface area contributed by atoms with Crippen LogP contribution in [0.3, 0.4) is 0 Å². The Kier molecular flexibility index (Phi) is 5.82. The third-order valence-corrected chi connectivity index (χ3v) is 6.62. The number of fused-ring (bicyclic) bond motifs is 1. The Bertz CT molecular complexity index is 1720. The normalized spacial score (nSPS) is 18.0. The first kappa shape index (κ1) is 25.2. The molecule has 1 aliphatic heterocycles. The molecule has 1 aliphatic carbocycles. The molecule has 0 saturated heterocycles. The Morgan fingerprint density at radius 2 is 1.74 bits per heavy atom. The summed E-state index contributed by atoms with van der Waals surface area (Å²) in [6.45, 7) is 0.213. The van der Waals surface area contributed by atoms with Gasteiger partial charge in [0.2, 0.25) is 5.82 Å². The van der Waals surface area contributed by atoms with Gasteiger partial charge in [0.15, 0.2) is 23.0 Å². The predicted molar refractivity (Wildman–Crippen MR) is 125 cm³/mol. The van der Waals surface area contributed by atoms with Crippen LogP contribution in [0.1, 0.15) is 48.6 Å². The third kappa shape index (κ3) is 4.47. The highest BCUT2D eigenvalue weighted by molar-refractivity contribution is 5.90. The second-order valence-corrected chi connectivity index (χ2v) is 9.35. The third-order valence-electron chi connectivity index (χ3n) is 6.62. The second-order valence-electron chi connectivity index (χ2n) is 9.35. The van der Waals surface area contributed by atoms with Crippen LogP contribution >= 0.6 is 0 Å². The van der Waals surface area contributed by atoms with E-state index in [1.807, 2.05) is 10.9 Å². The van der Waals surface area contributed by atoms with Gasteiger partial charge in [0.25, 0.3) is 5.56 Å². The molecule has 1 saturated carbocycles. The van der Waals surface area contributed by atoms with Crippen molar-refractivity contribution in [1.82, 2.24) is 29.3 Å². The van der Waals surface area contributed by atoms with Gasteiger partial charge in [0, 0.05) is 30.4 Å².